The molecule has 0 unspecified atom stereocenters. The molecule has 2 heteroatoms. The summed E-state index contributed by atoms with van der Waals surface area (Å²) in [6.45, 7) is 11.9. The van der Waals surface area contributed by atoms with E-state index in [9.17, 15) is 4.79 Å². The van der Waals surface area contributed by atoms with Crippen LogP contribution in [0.3, 0.4) is 0 Å². The van der Waals surface area contributed by atoms with Crippen LogP contribution in [0.25, 0.3) is 11.1 Å². The Morgan fingerprint density at radius 3 is 1.27 bits per heavy atom. The van der Waals surface area contributed by atoms with Gasteiger partial charge in [0.05, 0.1) is 5.92 Å². The van der Waals surface area contributed by atoms with E-state index in [1.165, 1.54) is 138 Å². The Bertz CT molecular complexity index is 1630. The first kappa shape index (κ1) is 41.3. The molecule has 2 nitrogen and oxygen atoms in total. The summed E-state index contributed by atoms with van der Waals surface area (Å²) in [6.07, 6.45) is 26.4. The summed E-state index contributed by atoms with van der Waals surface area (Å²) in [5.41, 5.74) is 8.76. The van der Waals surface area contributed by atoms with Gasteiger partial charge in [-0.15, -0.1) is 0 Å². The molecular weight excluding hydrogens is 681 g/mol. The third-order valence-corrected chi connectivity index (χ3v) is 15.9. The van der Waals surface area contributed by atoms with Crippen molar-refractivity contribution in [1.29, 1.82) is 0 Å². The molecule has 0 radical (unpaired) electrons. The van der Waals surface area contributed by atoms with Crippen LogP contribution in [0.4, 0.5) is 0 Å². The second kappa shape index (κ2) is 19.7. The zero-order chi connectivity index (χ0) is 39.0. The number of esters is 1. The van der Waals surface area contributed by atoms with Gasteiger partial charge in [0.25, 0.3) is 0 Å². The van der Waals surface area contributed by atoms with Crippen LogP contribution in [0, 0.1) is 48.3 Å². The zero-order valence-electron chi connectivity index (χ0n) is 36.1. The van der Waals surface area contributed by atoms with E-state index in [1.54, 1.807) is 11.1 Å². The van der Waals surface area contributed by atoms with Crippen LogP contribution in [-0.2, 0) is 4.79 Å². The van der Waals surface area contributed by atoms with Crippen molar-refractivity contribution in [2.45, 2.75) is 181 Å². The van der Waals surface area contributed by atoms with Crippen LogP contribution in [-0.4, -0.2) is 5.97 Å². The normalized spacial score (nSPS) is 32.4. The molecule has 5 saturated carbocycles. The van der Waals surface area contributed by atoms with Crippen LogP contribution in [0.15, 0.2) is 66.7 Å². The van der Waals surface area contributed by atoms with Gasteiger partial charge in [0.1, 0.15) is 5.75 Å². The minimum Gasteiger partial charge on any atom is -0.426 e. The molecule has 3 aromatic carbocycles. The topological polar surface area (TPSA) is 26.3 Å². The highest BCUT2D eigenvalue weighted by Gasteiger charge is 2.33. The van der Waals surface area contributed by atoms with Crippen LogP contribution in [0.5, 0.6) is 5.75 Å². The SMILES string of the molecule is CC1CCC(c2ccc(OC(=O)C3CCC(C4CCC(C)CC4)CC3)cc2)CC1.Cc1cc(C2CCC(C)CC2)ccc1-c1ccc(C2CCC(C)CC2)cc1. The van der Waals surface area contributed by atoms with Crippen molar-refractivity contribution in [1.82, 2.24) is 0 Å². The fraction of sp³-hybridized carbons (Fsp3) is 0.648. The van der Waals surface area contributed by atoms with E-state index in [0.29, 0.717) is 5.92 Å². The van der Waals surface area contributed by atoms with Crippen molar-refractivity contribution in [2.24, 2.45) is 41.4 Å². The number of carbonyl (C=O) groups excluding carboxylic acids is 1. The summed E-state index contributed by atoms with van der Waals surface area (Å²) in [6, 6.07) is 25.1. The lowest BCUT2D eigenvalue weighted by Gasteiger charge is -2.36. The number of benzene rings is 3. The fourth-order valence-electron chi connectivity index (χ4n) is 11.6. The van der Waals surface area contributed by atoms with Crippen molar-refractivity contribution in [3.8, 4) is 16.9 Å². The average Bonchev–Trinajstić information content (AvgIpc) is 3.23. The Morgan fingerprint density at radius 1 is 0.446 bits per heavy atom. The largest absolute Gasteiger partial charge is 0.426 e. The molecule has 0 aromatic heterocycles. The number of hydrogen-bond donors (Lipinski definition) is 0. The van der Waals surface area contributed by atoms with Crippen molar-refractivity contribution in [2.75, 3.05) is 0 Å². The van der Waals surface area contributed by atoms with E-state index in [0.717, 1.165) is 65.9 Å². The molecule has 0 bridgehead atoms. The van der Waals surface area contributed by atoms with E-state index in [4.69, 9.17) is 4.74 Å². The van der Waals surface area contributed by atoms with Crippen molar-refractivity contribution in [3.05, 3.63) is 89.0 Å². The molecule has 0 N–H and O–H groups in total. The highest BCUT2D eigenvalue weighted by Crippen LogP contribution is 2.43. The maximum Gasteiger partial charge on any atom is 0.314 e. The third-order valence-electron chi connectivity index (χ3n) is 15.9. The molecule has 0 spiro atoms. The van der Waals surface area contributed by atoms with Crippen molar-refractivity contribution >= 4 is 5.97 Å². The summed E-state index contributed by atoms with van der Waals surface area (Å²) in [5.74, 6) is 8.50. The minimum atomic E-state index is -0.0000393. The van der Waals surface area contributed by atoms with Crippen molar-refractivity contribution in [3.63, 3.8) is 0 Å². The highest BCUT2D eigenvalue weighted by atomic mass is 16.5. The van der Waals surface area contributed by atoms with E-state index >= 15 is 0 Å². The standard InChI is InChI=1S/C27H40O2.C27H36/c1-19-3-7-21(8-4-19)23-11-13-25(14-12-23)27(28)29-26-17-15-24(16-18-26)22-9-5-20(2)6-10-22;1-19-4-8-22(9-5-19)23-12-14-25(15-13-23)27-17-16-26(18-21(27)3)24-10-6-20(2)7-11-24/h15-23,25H,3-14H2,1-2H3;12-20,22,24H,4-11H2,1-3H3. The monoisotopic (exact) mass is 757 g/mol. The first-order chi connectivity index (χ1) is 27.2. The Labute approximate surface area is 342 Å². The minimum absolute atomic E-state index is 0.0000393. The fourth-order valence-corrected chi connectivity index (χ4v) is 11.6. The molecular formula is C54H76O2. The summed E-state index contributed by atoms with van der Waals surface area (Å²) < 4.78 is 5.77. The number of ether oxygens (including phenoxy) is 1. The van der Waals surface area contributed by atoms with Gasteiger partial charge in [0.15, 0.2) is 0 Å². The average molecular weight is 757 g/mol. The van der Waals surface area contributed by atoms with Gasteiger partial charge in [-0.3, -0.25) is 4.79 Å². The maximum absolute atomic E-state index is 12.7. The molecule has 56 heavy (non-hydrogen) atoms. The number of aryl methyl sites for hydroxylation is 1. The predicted molar refractivity (Wildman–Crippen MR) is 236 cm³/mol. The van der Waals surface area contributed by atoms with Crippen LogP contribution in [0.2, 0.25) is 0 Å². The Hall–Kier alpha value is -2.87. The first-order valence-electron chi connectivity index (χ1n) is 23.7. The molecule has 5 fully saturated rings. The summed E-state index contributed by atoms with van der Waals surface area (Å²) >= 11 is 0. The molecule has 5 aliphatic carbocycles. The number of hydrogen-bond acceptors (Lipinski definition) is 2. The molecule has 304 valence electrons. The number of rotatable bonds is 7. The van der Waals surface area contributed by atoms with Gasteiger partial charge in [-0.1, -0.05) is 134 Å². The second-order valence-electron chi connectivity index (χ2n) is 20.2. The van der Waals surface area contributed by atoms with E-state index in [-0.39, 0.29) is 11.9 Å². The molecule has 5 aliphatic rings. The lowest BCUT2D eigenvalue weighted by atomic mass is 9.69. The summed E-state index contributed by atoms with van der Waals surface area (Å²) in [4.78, 5) is 12.7. The van der Waals surface area contributed by atoms with Gasteiger partial charge in [-0.2, -0.15) is 0 Å². The molecule has 0 heterocycles. The number of carbonyl (C=O) groups is 1. The first-order valence-corrected chi connectivity index (χ1v) is 23.7. The zero-order valence-corrected chi connectivity index (χ0v) is 36.1. The Kier molecular flexibility index (Phi) is 14.5. The van der Waals surface area contributed by atoms with Gasteiger partial charge in [0.2, 0.25) is 0 Å². The lowest BCUT2D eigenvalue weighted by Crippen LogP contribution is -2.29. The molecule has 8 rings (SSSR count). The Morgan fingerprint density at radius 2 is 0.821 bits per heavy atom. The smallest absolute Gasteiger partial charge is 0.314 e. The van der Waals surface area contributed by atoms with Gasteiger partial charge in [0, 0.05) is 0 Å². The van der Waals surface area contributed by atoms with Crippen LogP contribution in [0.1, 0.15) is 196 Å². The quantitative estimate of drug-likeness (QED) is 0.177. The predicted octanol–water partition coefficient (Wildman–Crippen LogP) is 15.8. The third kappa shape index (κ3) is 11.0. The van der Waals surface area contributed by atoms with E-state index < -0.39 is 0 Å². The summed E-state index contributed by atoms with van der Waals surface area (Å²) in [7, 11) is 0. The molecule has 0 atom stereocenters. The van der Waals surface area contributed by atoms with Gasteiger partial charge < -0.3 is 4.74 Å². The molecule has 3 aromatic rings. The van der Waals surface area contributed by atoms with Crippen molar-refractivity contribution < 1.29 is 9.53 Å². The van der Waals surface area contributed by atoms with E-state index in [1.807, 2.05) is 12.1 Å². The lowest BCUT2D eigenvalue weighted by molar-refractivity contribution is -0.140. The van der Waals surface area contributed by atoms with Gasteiger partial charge >= 0.3 is 5.97 Å². The van der Waals surface area contributed by atoms with Gasteiger partial charge in [-0.05, 0) is 183 Å². The van der Waals surface area contributed by atoms with Gasteiger partial charge in [-0.25, -0.2) is 0 Å². The van der Waals surface area contributed by atoms with Crippen LogP contribution >= 0.6 is 0 Å². The molecule has 0 aliphatic heterocycles. The molecule has 0 amide bonds. The maximum atomic E-state index is 12.7. The highest BCUT2D eigenvalue weighted by molar-refractivity contribution is 5.75. The Balaban J connectivity index is 0.000000172. The van der Waals surface area contributed by atoms with E-state index in [2.05, 4.69) is 89.2 Å². The summed E-state index contributed by atoms with van der Waals surface area (Å²) in [5, 5.41) is 0. The molecule has 0 saturated heterocycles. The van der Waals surface area contributed by atoms with Crippen LogP contribution < -0.4 is 4.74 Å². The second-order valence-corrected chi connectivity index (χ2v) is 20.2.